The van der Waals surface area contributed by atoms with E-state index < -0.39 is 0 Å². The van der Waals surface area contributed by atoms with E-state index in [0.717, 1.165) is 17.7 Å². The predicted molar refractivity (Wildman–Crippen MR) is 100 cm³/mol. The molecule has 0 bridgehead atoms. The topological polar surface area (TPSA) is 85.4 Å². The van der Waals surface area contributed by atoms with Gasteiger partial charge < -0.3 is 20.1 Å². The smallest absolute Gasteiger partial charge is 0.321 e. The van der Waals surface area contributed by atoms with Gasteiger partial charge in [0.05, 0.1) is 6.54 Å². The number of nitrogens with one attached hydrogen (secondary N) is 2. The Balaban J connectivity index is 1.29. The molecule has 136 valence electrons. The zero-order chi connectivity index (χ0) is 18.5. The van der Waals surface area contributed by atoms with Gasteiger partial charge in [0.25, 0.3) is 0 Å². The number of aromatic nitrogens is 2. The van der Waals surface area contributed by atoms with Gasteiger partial charge in [-0.05, 0) is 29.8 Å². The van der Waals surface area contributed by atoms with Crippen LogP contribution < -0.4 is 20.1 Å². The standard InChI is InChI=1S/C20H18N4O3/c25-19(23-13-17-11-14-5-1-2-8-18(14)26-17)24-15-6-3-7-16(12-15)27-20-21-9-4-10-22-20/h1-10,12,17H,11,13H2,(H2,23,24,25)/t17-/m0/s1. The molecule has 2 aromatic carbocycles. The highest BCUT2D eigenvalue weighted by molar-refractivity contribution is 5.89. The van der Waals surface area contributed by atoms with Crippen LogP contribution in [0, 0.1) is 0 Å². The summed E-state index contributed by atoms with van der Waals surface area (Å²) in [6, 6.07) is 16.6. The van der Waals surface area contributed by atoms with Crippen molar-refractivity contribution in [2.45, 2.75) is 12.5 Å². The maximum Gasteiger partial charge on any atom is 0.321 e. The van der Waals surface area contributed by atoms with Crippen LogP contribution in [0.4, 0.5) is 10.5 Å². The second-order valence-corrected chi connectivity index (χ2v) is 6.05. The number of para-hydroxylation sites is 1. The quantitative estimate of drug-likeness (QED) is 0.727. The summed E-state index contributed by atoms with van der Waals surface area (Å²) in [6.45, 7) is 0.425. The molecule has 0 fully saturated rings. The highest BCUT2D eigenvalue weighted by Gasteiger charge is 2.22. The van der Waals surface area contributed by atoms with Gasteiger partial charge in [-0.2, -0.15) is 0 Å². The number of carbonyl (C=O) groups is 1. The van der Waals surface area contributed by atoms with Gasteiger partial charge in [-0.25, -0.2) is 14.8 Å². The number of amides is 2. The van der Waals surface area contributed by atoms with Gasteiger partial charge in [0.15, 0.2) is 0 Å². The van der Waals surface area contributed by atoms with E-state index in [1.165, 1.54) is 0 Å². The highest BCUT2D eigenvalue weighted by Crippen LogP contribution is 2.27. The summed E-state index contributed by atoms with van der Waals surface area (Å²) >= 11 is 0. The van der Waals surface area contributed by atoms with E-state index in [4.69, 9.17) is 9.47 Å². The molecule has 1 aliphatic heterocycles. The largest absolute Gasteiger partial charge is 0.488 e. The molecule has 7 heteroatoms. The molecule has 0 aliphatic carbocycles. The van der Waals surface area contributed by atoms with Crippen molar-refractivity contribution in [1.29, 1.82) is 0 Å². The maximum absolute atomic E-state index is 12.2. The Morgan fingerprint density at radius 2 is 1.96 bits per heavy atom. The molecule has 2 N–H and O–H groups in total. The number of hydrogen-bond acceptors (Lipinski definition) is 5. The second kappa shape index (κ2) is 7.74. The van der Waals surface area contributed by atoms with Crippen LogP contribution in [0.3, 0.4) is 0 Å². The molecular formula is C20H18N4O3. The van der Waals surface area contributed by atoms with Crippen LogP contribution in [-0.2, 0) is 6.42 Å². The Kier molecular flexibility index (Phi) is 4.82. The van der Waals surface area contributed by atoms with Crippen LogP contribution in [-0.4, -0.2) is 28.6 Å². The SMILES string of the molecule is O=C(NC[C@@H]1Cc2ccccc2O1)Nc1cccc(Oc2ncccn2)c1. The summed E-state index contributed by atoms with van der Waals surface area (Å²) in [5.41, 5.74) is 1.77. The Bertz CT molecular complexity index is 908. The van der Waals surface area contributed by atoms with Crippen LogP contribution >= 0.6 is 0 Å². The minimum Gasteiger partial charge on any atom is -0.488 e. The third-order valence-corrected chi connectivity index (χ3v) is 4.05. The summed E-state index contributed by atoms with van der Waals surface area (Å²) in [7, 11) is 0. The highest BCUT2D eigenvalue weighted by atomic mass is 16.5. The number of benzene rings is 2. The first-order valence-corrected chi connectivity index (χ1v) is 8.60. The molecule has 0 unspecified atom stereocenters. The van der Waals surface area contributed by atoms with E-state index in [0.29, 0.717) is 18.0 Å². The Morgan fingerprint density at radius 1 is 1.11 bits per heavy atom. The lowest BCUT2D eigenvalue weighted by Gasteiger charge is -2.13. The number of carbonyl (C=O) groups excluding carboxylic acids is 1. The van der Waals surface area contributed by atoms with Gasteiger partial charge in [-0.3, -0.25) is 0 Å². The van der Waals surface area contributed by atoms with Crippen LogP contribution in [0.25, 0.3) is 0 Å². The molecule has 2 amide bonds. The van der Waals surface area contributed by atoms with Crippen molar-refractivity contribution in [1.82, 2.24) is 15.3 Å². The van der Waals surface area contributed by atoms with Crippen molar-refractivity contribution in [2.24, 2.45) is 0 Å². The summed E-state index contributed by atoms with van der Waals surface area (Å²) in [6.07, 6.45) is 3.93. The zero-order valence-electron chi connectivity index (χ0n) is 14.5. The van der Waals surface area contributed by atoms with Gasteiger partial charge in [0.2, 0.25) is 0 Å². The normalized spacial score (nSPS) is 14.7. The van der Waals surface area contributed by atoms with E-state index in [-0.39, 0.29) is 18.1 Å². The summed E-state index contributed by atoms with van der Waals surface area (Å²) in [5.74, 6) is 1.42. The fourth-order valence-electron chi connectivity index (χ4n) is 2.83. The van der Waals surface area contributed by atoms with Gasteiger partial charge in [0.1, 0.15) is 17.6 Å². The lowest BCUT2D eigenvalue weighted by atomic mass is 10.1. The minimum absolute atomic E-state index is 0.0574. The molecule has 0 saturated carbocycles. The number of urea groups is 1. The van der Waals surface area contributed by atoms with E-state index in [2.05, 4.69) is 20.6 Å². The Hall–Kier alpha value is -3.61. The van der Waals surface area contributed by atoms with Crippen molar-refractivity contribution in [3.63, 3.8) is 0 Å². The number of ether oxygens (including phenoxy) is 2. The van der Waals surface area contributed by atoms with Crippen molar-refractivity contribution in [3.8, 4) is 17.5 Å². The second-order valence-electron chi connectivity index (χ2n) is 6.05. The molecule has 2 heterocycles. The maximum atomic E-state index is 12.2. The monoisotopic (exact) mass is 362 g/mol. The van der Waals surface area contributed by atoms with Crippen molar-refractivity contribution >= 4 is 11.7 Å². The molecule has 4 rings (SSSR count). The van der Waals surface area contributed by atoms with Crippen LogP contribution in [0.5, 0.6) is 17.5 Å². The van der Waals surface area contributed by atoms with E-state index in [1.54, 1.807) is 42.7 Å². The number of hydrogen-bond donors (Lipinski definition) is 2. The molecular weight excluding hydrogens is 344 g/mol. The summed E-state index contributed by atoms with van der Waals surface area (Å²) in [5, 5.41) is 5.62. The number of fused-ring (bicyclic) bond motifs is 1. The van der Waals surface area contributed by atoms with Crippen LogP contribution in [0.1, 0.15) is 5.56 Å². The molecule has 1 aliphatic rings. The third kappa shape index (κ3) is 4.33. The molecule has 0 radical (unpaired) electrons. The first-order chi connectivity index (χ1) is 13.3. The molecule has 0 spiro atoms. The third-order valence-electron chi connectivity index (χ3n) is 4.05. The van der Waals surface area contributed by atoms with Gasteiger partial charge in [0, 0.05) is 30.6 Å². The zero-order valence-corrected chi connectivity index (χ0v) is 14.5. The fourth-order valence-corrected chi connectivity index (χ4v) is 2.83. The van der Waals surface area contributed by atoms with Gasteiger partial charge in [-0.1, -0.05) is 24.3 Å². The molecule has 0 saturated heterocycles. The van der Waals surface area contributed by atoms with Crippen molar-refractivity contribution in [2.75, 3.05) is 11.9 Å². The number of nitrogens with zero attached hydrogens (tertiary/aromatic N) is 2. The number of anilines is 1. The molecule has 1 aromatic heterocycles. The summed E-state index contributed by atoms with van der Waals surface area (Å²) in [4.78, 5) is 20.2. The lowest BCUT2D eigenvalue weighted by molar-refractivity contribution is 0.219. The first-order valence-electron chi connectivity index (χ1n) is 8.60. The minimum atomic E-state index is -0.303. The van der Waals surface area contributed by atoms with E-state index >= 15 is 0 Å². The van der Waals surface area contributed by atoms with Crippen molar-refractivity contribution in [3.05, 3.63) is 72.6 Å². The van der Waals surface area contributed by atoms with E-state index in [9.17, 15) is 4.79 Å². The van der Waals surface area contributed by atoms with Crippen LogP contribution in [0.15, 0.2) is 67.0 Å². The molecule has 1 atom stereocenters. The van der Waals surface area contributed by atoms with Gasteiger partial charge in [-0.15, -0.1) is 0 Å². The Labute approximate surface area is 156 Å². The molecule has 27 heavy (non-hydrogen) atoms. The summed E-state index contributed by atoms with van der Waals surface area (Å²) < 4.78 is 11.4. The lowest BCUT2D eigenvalue weighted by Crippen LogP contribution is -2.37. The average Bonchev–Trinajstić information content (AvgIpc) is 3.11. The predicted octanol–water partition coefficient (Wildman–Crippen LogP) is 3.39. The van der Waals surface area contributed by atoms with Gasteiger partial charge >= 0.3 is 12.0 Å². The van der Waals surface area contributed by atoms with Crippen molar-refractivity contribution < 1.29 is 14.3 Å². The molecule has 3 aromatic rings. The molecule has 7 nitrogen and oxygen atoms in total. The fraction of sp³-hybridized carbons (Fsp3) is 0.150. The van der Waals surface area contributed by atoms with Crippen LogP contribution in [0.2, 0.25) is 0 Å². The average molecular weight is 362 g/mol. The first kappa shape index (κ1) is 16.8. The Morgan fingerprint density at radius 3 is 2.81 bits per heavy atom. The van der Waals surface area contributed by atoms with E-state index in [1.807, 2.05) is 24.3 Å². The number of rotatable bonds is 5.